The van der Waals surface area contributed by atoms with Gasteiger partial charge in [0, 0.05) is 5.33 Å². The van der Waals surface area contributed by atoms with Gasteiger partial charge in [0.25, 0.3) is 0 Å². The number of hydrogen-bond acceptors (Lipinski definition) is 2. The Morgan fingerprint density at radius 1 is 1.35 bits per heavy atom. The van der Waals surface area contributed by atoms with Crippen molar-refractivity contribution < 1.29 is 13.5 Å². The Kier molecular flexibility index (Phi) is 5.92. The Hall–Kier alpha value is -1.15. The summed E-state index contributed by atoms with van der Waals surface area (Å²) in [4.78, 5) is 0. The number of aryl methyl sites for hydroxylation is 1. The zero-order valence-electron chi connectivity index (χ0n) is 9.13. The van der Waals surface area contributed by atoms with Crippen LogP contribution in [0.5, 0.6) is 5.75 Å². The Bertz CT molecular complexity index is 404. The molecule has 0 amide bonds. The number of alkyl halides is 3. The van der Waals surface area contributed by atoms with Crippen LogP contribution in [0.25, 0.3) is 0 Å². The second-order valence-corrected chi connectivity index (χ2v) is 4.23. The van der Waals surface area contributed by atoms with Crippen LogP contribution in [0.2, 0.25) is 0 Å². The molecule has 0 heterocycles. The highest BCUT2D eigenvalue weighted by Gasteiger charge is 2.08. The molecule has 0 aromatic heterocycles. The van der Waals surface area contributed by atoms with Crippen LogP contribution in [0.4, 0.5) is 8.78 Å². The lowest BCUT2D eigenvalue weighted by molar-refractivity contribution is -0.0498. The molecular weight excluding hydrogens is 292 g/mol. The van der Waals surface area contributed by atoms with Crippen LogP contribution in [0.1, 0.15) is 17.5 Å². The molecule has 92 valence electrons. The van der Waals surface area contributed by atoms with Gasteiger partial charge in [-0.1, -0.05) is 22.0 Å². The topological polar surface area (TPSA) is 33.0 Å². The second-order valence-electron chi connectivity index (χ2n) is 3.44. The Balaban J connectivity index is 2.89. The van der Waals surface area contributed by atoms with Crippen molar-refractivity contribution >= 4 is 15.9 Å². The van der Waals surface area contributed by atoms with E-state index in [0.29, 0.717) is 0 Å². The minimum atomic E-state index is -2.82. The highest BCUT2D eigenvalue weighted by molar-refractivity contribution is 9.09. The molecule has 0 atom stereocenters. The summed E-state index contributed by atoms with van der Waals surface area (Å²) in [6.07, 6.45) is 1.91. The number of hydrogen-bond donors (Lipinski definition) is 0. The molecule has 0 bridgehead atoms. The van der Waals surface area contributed by atoms with Crippen molar-refractivity contribution in [2.75, 3.05) is 5.33 Å². The van der Waals surface area contributed by atoms with Crippen molar-refractivity contribution in [3.63, 3.8) is 0 Å². The lowest BCUT2D eigenvalue weighted by atomic mass is 10.0. The summed E-state index contributed by atoms with van der Waals surface area (Å²) < 4.78 is 28.5. The van der Waals surface area contributed by atoms with E-state index in [2.05, 4.69) is 26.7 Å². The van der Waals surface area contributed by atoms with Crippen LogP contribution in [0, 0.1) is 11.3 Å². The average molecular weight is 304 g/mol. The third kappa shape index (κ3) is 4.70. The van der Waals surface area contributed by atoms with Crippen molar-refractivity contribution in [2.45, 2.75) is 25.9 Å². The van der Waals surface area contributed by atoms with E-state index < -0.39 is 6.61 Å². The first-order chi connectivity index (χ1) is 8.17. The SMILES string of the molecule is N#CCc1ccc(OC(F)F)cc1CCCBr. The maximum atomic E-state index is 12.1. The molecule has 1 rings (SSSR count). The van der Waals surface area contributed by atoms with Gasteiger partial charge in [-0.3, -0.25) is 0 Å². The maximum Gasteiger partial charge on any atom is 0.387 e. The molecule has 2 nitrogen and oxygen atoms in total. The molecule has 0 radical (unpaired) electrons. The molecule has 17 heavy (non-hydrogen) atoms. The first-order valence-corrected chi connectivity index (χ1v) is 6.29. The fourth-order valence-electron chi connectivity index (χ4n) is 1.53. The molecule has 5 heteroatoms. The summed E-state index contributed by atoms with van der Waals surface area (Å²) in [5, 5.41) is 9.51. The van der Waals surface area contributed by atoms with Crippen LogP contribution in [-0.2, 0) is 12.8 Å². The van der Waals surface area contributed by atoms with Crippen LogP contribution in [0.3, 0.4) is 0 Å². The third-order valence-electron chi connectivity index (χ3n) is 2.25. The van der Waals surface area contributed by atoms with Crippen molar-refractivity contribution in [3.05, 3.63) is 29.3 Å². The van der Waals surface area contributed by atoms with Crippen molar-refractivity contribution in [3.8, 4) is 11.8 Å². The second kappa shape index (κ2) is 7.23. The number of benzene rings is 1. The molecule has 0 unspecified atom stereocenters. The quantitative estimate of drug-likeness (QED) is 0.751. The van der Waals surface area contributed by atoms with Crippen molar-refractivity contribution in [1.82, 2.24) is 0 Å². The zero-order chi connectivity index (χ0) is 12.7. The molecule has 0 saturated heterocycles. The highest BCUT2D eigenvalue weighted by atomic mass is 79.9. The molecule has 1 aromatic carbocycles. The van der Waals surface area contributed by atoms with E-state index in [0.717, 1.165) is 29.3 Å². The summed E-state index contributed by atoms with van der Waals surface area (Å²) in [7, 11) is 0. The lowest BCUT2D eigenvalue weighted by Crippen LogP contribution is -2.03. The van der Waals surface area contributed by atoms with Gasteiger partial charge in [-0.15, -0.1) is 0 Å². The van der Waals surface area contributed by atoms with Gasteiger partial charge in [-0.2, -0.15) is 14.0 Å². The fraction of sp³-hybridized carbons (Fsp3) is 0.417. The molecule has 1 aromatic rings. The standard InChI is InChI=1S/C12H12BrF2NO/c13-6-1-2-10-8-11(17-12(14)15)4-3-9(10)5-7-16/h3-4,8,12H,1-2,5-6H2. The molecule has 0 aliphatic carbocycles. The van der Waals surface area contributed by atoms with Gasteiger partial charge in [0.15, 0.2) is 0 Å². The van der Waals surface area contributed by atoms with Crippen LogP contribution in [-0.4, -0.2) is 11.9 Å². The molecule has 0 N–H and O–H groups in total. The smallest absolute Gasteiger partial charge is 0.387 e. The predicted molar refractivity (Wildman–Crippen MR) is 64.5 cm³/mol. The monoisotopic (exact) mass is 303 g/mol. The van der Waals surface area contributed by atoms with E-state index in [1.807, 2.05) is 0 Å². The van der Waals surface area contributed by atoms with E-state index in [9.17, 15) is 8.78 Å². The first-order valence-electron chi connectivity index (χ1n) is 5.17. The van der Waals surface area contributed by atoms with Gasteiger partial charge in [0.2, 0.25) is 0 Å². The van der Waals surface area contributed by atoms with Crippen molar-refractivity contribution in [1.29, 1.82) is 5.26 Å². The van der Waals surface area contributed by atoms with E-state index in [4.69, 9.17) is 5.26 Å². The summed E-state index contributed by atoms with van der Waals surface area (Å²) >= 11 is 3.31. The lowest BCUT2D eigenvalue weighted by Gasteiger charge is -2.10. The molecule has 0 aliphatic heterocycles. The van der Waals surface area contributed by atoms with Gasteiger partial charge in [0.1, 0.15) is 5.75 Å². The number of ether oxygens (including phenoxy) is 1. The summed E-state index contributed by atoms with van der Waals surface area (Å²) in [5.41, 5.74) is 1.76. The van der Waals surface area contributed by atoms with Crippen LogP contribution < -0.4 is 4.74 Å². The van der Waals surface area contributed by atoms with Gasteiger partial charge in [-0.25, -0.2) is 0 Å². The van der Waals surface area contributed by atoms with Gasteiger partial charge < -0.3 is 4.74 Å². The number of halogens is 3. The number of rotatable bonds is 6. The van der Waals surface area contributed by atoms with Crippen LogP contribution in [0.15, 0.2) is 18.2 Å². The molecule has 0 spiro atoms. The number of nitriles is 1. The third-order valence-corrected chi connectivity index (χ3v) is 2.81. The van der Waals surface area contributed by atoms with Crippen molar-refractivity contribution in [2.24, 2.45) is 0 Å². The van der Waals surface area contributed by atoms with Gasteiger partial charge in [-0.05, 0) is 36.1 Å². The van der Waals surface area contributed by atoms with Crippen LogP contribution >= 0.6 is 15.9 Å². The van der Waals surface area contributed by atoms with E-state index >= 15 is 0 Å². The molecular formula is C12H12BrF2NO. The molecule has 0 saturated carbocycles. The van der Waals surface area contributed by atoms with E-state index in [1.54, 1.807) is 12.1 Å². The van der Waals surface area contributed by atoms with Gasteiger partial charge in [0.05, 0.1) is 12.5 Å². The minimum Gasteiger partial charge on any atom is -0.435 e. The highest BCUT2D eigenvalue weighted by Crippen LogP contribution is 2.21. The Labute approximate surface area is 107 Å². The minimum absolute atomic E-state index is 0.145. The summed E-state index contributed by atoms with van der Waals surface area (Å²) in [6.45, 7) is -2.82. The predicted octanol–water partition coefficient (Wildman–Crippen LogP) is 3.68. The fourth-order valence-corrected chi connectivity index (χ4v) is 1.81. The molecule has 0 fully saturated rings. The summed E-state index contributed by atoms with van der Waals surface area (Å²) in [6, 6.07) is 6.79. The molecule has 0 aliphatic rings. The maximum absolute atomic E-state index is 12.1. The van der Waals surface area contributed by atoms with E-state index in [-0.39, 0.29) is 12.2 Å². The average Bonchev–Trinajstić information content (AvgIpc) is 2.28. The van der Waals surface area contributed by atoms with Gasteiger partial charge >= 0.3 is 6.61 Å². The summed E-state index contributed by atoms with van der Waals surface area (Å²) in [5.74, 6) is 0.145. The Morgan fingerprint density at radius 3 is 2.71 bits per heavy atom. The number of nitrogens with zero attached hydrogens (tertiary/aromatic N) is 1. The zero-order valence-corrected chi connectivity index (χ0v) is 10.7. The normalized spacial score (nSPS) is 10.3. The Morgan fingerprint density at radius 2 is 2.12 bits per heavy atom. The van der Waals surface area contributed by atoms with E-state index in [1.165, 1.54) is 6.07 Å². The largest absolute Gasteiger partial charge is 0.435 e. The first kappa shape index (κ1) is 13.9.